The van der Waals surface area contributed by atoms with Crippen LogP contribution in [0.25, 0.3) is 0 Å². The Labute approximate surface area is 141 Å². The average molecular weight is 337 g/mol. The minimum atomic E-state index is -0.326. The summed E-state index contributed by atoms with van der Waals surface area (Å²) in [6.45, 7) is 2.79. The molecule has 0 saturated carbocycles. The van der Waals surface area contributed by atoms with Gasteiger partial charge in [0.15, 0.2) is 0 Å². The molecule has 0 atom stereocenters. The number of ether oxygens (including phenoxy) is 1. The predicted octanol–water partition coefficient (Wildman–Crippen LogP) is 0.575. The van der Waals surface area contributed by atoms with E-state index in [-0.39, 0.29) is 37.3 Å². The predicted molar refractivity (Wildman–Crippen MR) is 87.8 cm³/mol. The molecule has 0 spiro atoms. The van der Waals surface area contributed by atoms with E-state index >= 15 is 0 Å². The molecule has 1 aliphatic heterocycles. The maximum atomic E-state index is 13.6. The molecule has 2 rings (SSSR count). The summed E-state index contributed by atoms with van der Waals surface area (Å²) in [5.41, 5.74) is 0.473. The number of halogens is 1. The van der Waals surface area contributed by atoms with Crippen molar-refractivity contribution in [1.82, 2.24) is 14.7 Å². The molecule has 0 N–H and O–H groups in total. The highest BCUT2D eigenvalue weighted by atomic mass is 19.1. The van der Waals surface area contributed by atoms with Gasteiger partial charge in [-0.1, -0.05) is 18.2 Å². The van der Waals surface area contributed by atoms with E-state index in [1.165, 1.54) is 11.0 Å². The van der Waals surface area contributed by atoms with Gasteiger partial charge < -0.3 is 14.5 Å². The van der Waals surface area contributed by atoms with Crippen molar-refractivity contribution in [3.05, 3.63) is 35.6 Å². The Morgan fingerprint density at radius 3 is 2.50 bits per heavy atom. The number of likely N-dealkylation sites (N-methyl/N-ethyl adjacent to an activating group) is 2. The van der Waals surface area contributed by atoms with Crippen LogP contribution in [0.2, 0.25) is 0 Å². The zero-order valence-electron chi connectivity index (χ0n) is 14.2. The summed E-state index contributed by atoms with van der Waals surface area (Å²) < 4.78 is 18.9. The summed E-state index contributed by atoms with van der Waals surface area (Å²) in [5.74, 6) is -0.492. The van der Waals surface area contributed by atoms with Gasteiger partial charge in [-0.25, -0.2) is 4.39 Å². The Morgan fingerprint density at radius 1 is 1.17 bits per heavy atom. The highest BCUT2D eigenvalue weighted by molar-refractivity contribution is 5.81. The minimum absolute atomic E-state index is 0.00893. The number of benzene rings is 1. The van der Waals surface area contributed by atoms with Gasteiger partial charge in [-0.3, -0.25) is 14.5 Å². The summed E-state index contributed by atoms with van der Waals surface area (Å²) >= 11 is 0. The molecule has 1 aromatic rings. The molecule has 1 heterocycles. The second kappa shape index (κ2) is 8.75. The second-order valence-electron chi connectivity index (χ2n) is 6.01. The fourth-order valence-corrected chi connectivity index (χ4v) is 2.52. The molecule has 0 unspecified atom stereocenters. The topological polar surface area (TPSA) is 53.1 Å². The third-order valence-electron chi connectivity index (χ3n) is 3.97. The maximum Gasteiger partial charge on any atom is 0.236 e. The molecule has 1 aliphatic rings. The Morgan fingerprint density at radius 2 is 1.83 bits per heavy atom. The summed E-state index contributed by atoms with van der Waals surface area (Å²) in [7, 11) is 3.36. The molecule has 1 saturated heterocycles. The average Bonchev–Trinajstić information content (AvgIpc) is 2.57. The quantitative estimate of drug-likeness (QED) is 0.762. The summed E-state index contributed by atoms with van der Waals surface area (Å²) in [5, 5.41) is 0. The number of hydrogen-bond acceptors (Lipinski definition) is 4. The third kappa shape index (κ3) is 5.28. The zero-order valence-corrected chi connectivity index (χ0v) is 14.2. The van der Waals surface area contributed by atoms with Gasteiger partial charge in [-0.05, 0) is 13.1 Å². The van der Waals surface area contributed by atoms with Crippen LogP contribution >= 0.6 is 0 Å². The monoisotopic (exact) mass is 337 g/mol. The van der Waals surface area contributed by atoms with Gasteiger partial charge in [0.2, 0.25) is 11.8 Å². The third-order valence-corrected chi connectivity index (χ3v) is 3.97. The molecular formula is C17H24FN3O3. The van der Waals surface area contributed by atoms with Crippen LogP contribution in [-0.2, 0) is 20.9 Å². The second-order valence-corrected chi connectivity index (χ2v) is 6.01. The normalized spacial score (nSPS) is 14.8. The summed E-state index contributed by atoms with van der Waals surface area (Å²) in [4.78, 5) is 29.3. The standard InChI is InChI=1S/C17H24FN3O3/c1-19(13-17(23)21-7-9-24-10-8-21)12-16(22)20(2)11-14-5-3-4-6-15(14)18/h3-6H,7-13H2,1-2H3. The van der Waals surface area contributed by atoms with E-state index in [0.29, 0.717) is 31.9 Å². The van der Waals surface area contributed by atoms with Gasteiger partial charge in [-0.2, -0.15) is 0 Å². The lowest BCUT2D eigenvalue weighted by atomic mass is 10.2. The molecule has 0 aromatic heterocycles. The Hall–Kier alpha value is -1.99. The molecule has 1 fully saturated rings. The number of morpholine rings is 1. The van der Waals surface area contributed by atoms with Gasteiger partial charge in [0.1, 0.15) is 5.82 Å². The van der Waals surface area contributed by atoms with Crippen LogP contribution in [-0.4, -0.2) is 80.0 Å². The van der Waals surface area contributed by atoms with E-state index in [1.807, 2.05) is 0 Å². The lowest BCUT2D eigenvalue weighted by Gasteiger charge is -2.29. The van der Waals surface area contributed by atoms with Crippen molar-refractivity contribution in [1.29, 1.82) is 0 Å². The van der Waals surface area contributed by atoms with Crippen molar-refractivity contribution < 1.29 is 18.7 Å². The highest BCUT2D eigenvalue weighted by Gasteiger charge is 2.20. The van der Waals surface area contributed by atoms with Crippen LogP contribution in [0.4, 0.5) is 4.39 Å². The fourth-order valence-electron chi connectivity index (χ4n) is 2.52. The first-order valence-electron chi connectivity index (χ1n) is 7.99. The van der Waals surface area contributed by atoms with E-state index in [4.69, 9.17) is 4.74 Å². The number of carbonyl (C=O) groups is 2. The Bertz CT molecular complexity index is 576. The van der Waals surface area contributed by atoms with E-state index < -0.39 is 0 Å². The van der Waals surface area contributed by atoms with E-state index in [1.54, 1.807) is 42.1 Å². The van der Waals surface area contributed by atoms with Gasteiger partial charge >= 0.3 is 0 Å². The molecule has 7 heteroatoms. The number of hydrogen-bond donors (Lipinski definition) is 0. The van der Waals surface area contributed by atoms with Crippen LogP contribution in [0.5, 0.6) is 0 Å². The van der Waals surface area contributed by atoms with Gasteiger partial charge in [0.25, 0.3) is 0 Å². The molecular weight excluding hydrogens is 313 g/mol. The van der Waals surface area contributed by atoms with Crippen molar-refractivity contribution in [2.24, 2.45) is 0 Å². The van der Waals surface area contributed by atoms with Crippen LogP contribution in [0.15, 0.2) is 24.3 Å². The van der Waals surface area contributed by atoms with Crippen LogP contribution in [0.3, 0.4) is 0 Å². The number of carbonyl (C=O) groups excluding carboxylic acids is 2. The SMILES string of the molecule is CN(CC(=O)N(C)Cc1ccccc1F)CC(=O)N1CCOCC1. The maximum absolute atomic E-state index is 13.6. The molecule has 132 valence electrons. The van der Waals surface area contributed by atoms with Gasteiger partial charge in [0.05, 0.1) is 26.3 Å². The molecule has 6 nitrogen and oxygen atoms in total. The highest BCUT2D eigenvalue weighted by Crippen LogP contribution is 2.09. The first-order chi connectivity index (χ1) is 11.5. The van der Waals surface area contributed by atoms with Crippen molar-refractivity contribution in [3.63, 3.8) is 0 Å². The van der Waals surface area contributed by atoms with Gasteiger partial charge in [-0.15, -0.1) is 0 Å². The molecule has 2 amide bonds. The molecule has 24 heavy (non-hydrogen) atoms. The van der Waals surface area contributed by atoms with Gasteiger partial charge in [0, 0.05) is 32.2 Å². The Balaban J connectivity index is 1.80. The van der Waals surface area contributed by atoms with Crippen LogP contribution in [0, 0.1) is 5.82 Å². The van der Waals surface area contributed by atoms with Crippen molar-refractivity contribution >= 4 is 11.8 Å². The summed E-state index contributed by atoms with van der Waals surface area (Å²) in [6, 6.07) is 6.39. The smallest absolute Gasteiger partial charge is 0.236 e. The van der Waals surface area contributed by atoms with E-state index in [9.17, 15) is 14.0 Å². The summed E-state index contributed by atoms with van der Waals surface area (Å²) in [6.07, 6.45) is 0. The van der Waals surface area contributed by atoms with E-state index in [0.717, 1.165) is 0 Å². The molecule has 1 aromatic carbocycles. The number of rotatable bonds is 6. The number of amides is 2. The molecule has 0 radical (unpaired) electrons. The Kier molecular flexibility index (Phi) is 6.69. The largest absolute Gasteiger partial charge is 0.378 e. The van der Waals surface area contributed by atoms with Crippen molar-refractivity contribution in [2.45, 2.75) is 6.54 Å². The first-order valence-corrected chi connectivity index (χ1v) is 7.99. The minimum Gasteiger partial charge on any atom is -0.378 e. The fraction of sp³-hybridized carbons (Fsp3) is 0.529. The van der Waals surface area contributed by atoms with E-state index in [2.05, 4.69) is 0 Å². The van der Waals surface area contributed by atoms with Crippen LogP contribution in [0.1, 0.15) is 5.56 Å². The number of nitrogens with zero attached hydrogens (tertiary/aromatic N) is 3. The van der Waals surface area contributed by atoms with Crippen molar-refractivity contribution in [3.8, 4) is 0 Å². The molecule has 0 aliphatic carbocycles. The molecule has 0 bridgehead atoms. The first kappa shape index (κ1) is 18.4. The van der Waals surface area contributed by atoms with Crippen molar-refractivity contribution in [2.75, 3.05) is 53.5 Å². The van der Waals surface area contributed by atoms with Crippen LogP contribution < -0.4 is 0 Å². The lowest BCUT2D eigenvalue weighted by molar-refractivity contribution is -0.137. The zero-order chi connectivity index (χ0) is 17.5. The lowest BCUT2D eigenvalue weighted by Crippen LogP contribution is -2.46.